The van der Waals surface area contributed by atoms with Crippen molar-refractivity contribution in [3.05, 3.63) is 12.2 Å². The number of carbonyl (C=O) groups excluding carboxylic acids is 1. The Balaban J connectivity index is 3.74. The van der Waals surface area contributed by atoms with Crippen molar-refractivity contribution in [2.45, 2.75) is 112 Å². The second kappa shape index (κ2) is 13.4. The fraction of sp³-hybridized carbons (Fsp3) is 0.870. The molecular formula is C23H44O2. The van der Waals surface area contributed by atoms with Gasteiger partial charge >= 0.3 is 5.97 Å². The van der Waals surface area contributed by atoms with E-state index in [1.54, 1.807) is 0 Å². The molecule has 0 aromatic carbocycles. The van der Waals surface area contributed by atoms with Crippen LogP contribution in [0.3, 0.4) is 0 Å². The maximum atomic E-state index is 12.0. The van der Waals surface area contributed by atoms with Gasteiger partial charge in [0.1, 0.15) is 0 Å². The van der Waals surface area contributed by atoms with E-state index in [1.807, 2.05) is 13.8 Å². The second-order valence-corrected chi connectivity index (χ2v) is 8.56. The molecule has 0 aliphatic heterocycles. The molecule has 0 heterocycles. The van der Waals surface area contributed by atoms with Crippen LogP contribution in [0, 0.1) is 10.8 Å². The van der Waals surface area contributed by atoms with Crippen LogP contribution in [0.25, 0.3) is 0 Å². The Morgan fingerprint density at radius 3 is 1.68 bits per heavy atom. The average molecular weight is 353 g/mol. The molecule has 0 rings (SSSR count). The Labute approximate surface area is 157 Å². The Kier molecular flexibility index (Phi) is 13.0. The molecule has 2 nitrogen and oxygen atoms in total. The summed E-state index contributed by atoms with van der Waals surface area (Å²) < 4.78 is 4.95. The molecule has 0 aliphatic rings. The van der Waals surface area contributed by atoms with E-state index in [9.17, 15) is 4.79 Å². The SMILES string of the molecule is CCCCCCCCCCCCCC=CC(C)(C)C(C)(C)C(=O)OC. The van der Waals surface area contributed by atoms with Crippen molar-refractivity contribution in [2.24, 2.45) is 10.8 Å². The van der Waals surface area contributed by atoms with Crippen LogP contribution in [0.2, 0.25) is 0 Å². The van der Waals surface area contributed by atoms with Crippen molar-refractivity contribution in [2.75, 3.05) is 7.11 Å². The Morgan fingerprint density at radius 1 is 0.800 bits per heavy atom. The molecule has 0 fully saturated rings. The summed E-state index contributed by atoms with van der Waals surface area (Å²) in [6.45, 7) is 10.4. The van der Waals surface area contributed by atoms with Gasteiger partial charge in [-0.15, -0.1) is 0 Å². The highest BCUT2D eigenvalue weighted by Gasteiger charge is 2.42. The summed E-state index contributed by atoms with van der Waals surface area (Å²) in [5, 5.41) is 0. The molecule has 0 aliphatic carbocycles. The molecule has 0 N–H and O–H groups in total. The van der Waals surface area contributed by atoms with E-state index in [4.69, 9.17) is 4.74 Å². The molecule has 0 saturated heterocycles. The van der Waals surface area contributed by atoms with Crippen LogP contribution in [0.15, 0.2) is 12.2 Å². The van der Waals surface area contributed by atoms with E-state index in [1.165, 1.54) is 77.7 Å². The quantitative estimate of drug-likeness (QED) is 0.173. The maximum absolute atomic E-state index is 12.0. The number of unbranched alkanes of at least 4 members (excludes halogenated alkanes) is 11. The van der Waals surface area contributed by atoms with Crippen LogP contribution < -0.4 is 0 Å². The largest absolute Gasteiger partial charge is 0.469 e. The summed E-state index contributed by atoms with van der Waals surface area (Å²) in [5.41, 5.74) is -0.701. The van der Waals surface area contributed by atoms with Crippen molar-refractivity contribution in [1.29, 1.82) is 0 Å². The highest BCUT2D eigenvalue weighted by atomic mass is 16.5. The number of methoxy groups -OCH3 is 1. The van der Waals surface area contributed by atoms with E-state index in [-0.39, 0.29) is 11.4 Å². The smallest absolute Gasteiger partial charge is 0.312 e. The number of hydrogen-bond donors (Lipinski definition) is 0. The first kappa shape index (κ1) is 24.2. The molecule has 0 unspecified atom stereocenters. The number of carbonyl (C=O) groups is 1. The van der Waals surface area contributed by atoms with Gasteiger partial charge in [-0.25, -0.2) is 0 Å². The van der Waals surface area contributed by atoms with E-state index in [0.29, 0.717) is 0 Å². The first-order valence-electron chi connectivity index (χ1n) is 10.6. The van der Waals surface area contributed by atoms with Crippen molar-refractivity contribution in [3.63, 3.8) is 0 Å². The fourth-order valence-electron chi connectivity index (χ4n) is 3.03. The Hall–Kier alpha value is -0.790. The minimum absolute atomic E-state index is 0.142. The zero-order chi connectivity index (χ0) is 19.2. The predicted molar refractivity (Wildman–Crippen MR) is 110 cm³/mol. The number of hydrogen-bond acceptors (Lipinski definition) is 2. The Bertz CT molecular complexity index is 366. The minimum Gasteiger partial charge on any atom is -0.469 e. The maximum Gasteiger partial charge on any atom is 0.312 e. The summed E-state index contributed by atoms with van der Waals surface area (Å²) in [5.74, 6) is -0.142. The molecule has 0 radical (unpaired) electrons. The van der Waals surface area contributed by atoms with Crippen LogP contribution >= 0.6 is 0 Å². The van der Waals surface area contributed by atoms with Crippen molar-refractivity contribution in [1.82, 2.24) is 0 Å². The van der Waals surface area contributed by atoms with Crippen molar-refractivity contribution < 1.29 is 9.53 Å². The monoisotopic (exact) mass is 352 g/mol. The van der Waals surface area contributed by atoms with E-state index in [0.717, 1.165) is 6.42 Å². The fourth-order valence-corrected chi connectivity index (χ4v) is 3.03. The first-order valence-corrected chi connectivity index (χ1v) is 10.6. The standard InChI is InChI=1S/C23H44O2/c1-7-8-9-10-11-12-13-14-15-16-17-18-19-20-22(2,3)23(4,5)21(24)25-6/h19-20H,7-18H2,1-6H3. The van der Waals surface area contributed by atoms with Crippen molar-refractivity contribution >= 4 is 5.97 Å². The van der Waals surface area contributed by atoms with Crippen LogP contribution in [0.1, 0.15) is 112 Å². The number of rotatable bonds is 15. The molecule has 148 valence electrons. The zero-order valence-electron chi connectivity index (χ0n) is 18.0. The van der Waals surface area contributed by atoms with Gasteiger partial charge in [0.05, 0.1) is 12.5 Å². The third-order valence-electron chi connectivity index (χ3n) is 5.82. The van der Waals surface area contributed by atoms with E-state index < -0.39 is 5.41 Å². The summed E-state index contributed by atoms with van der Waals surface area (Å²) >= 11 is 0. The van der Waals surface area contributed by atoms with Gasteiger partial charge in [0.25, 0.3) is 0 Å². The van der Waals surface area contributed by atoms with Gasteiger partial charge in [-0.1, -0.05) is 97.1 Å². The van der Waals surface area contributed by atoms with Crippen molar-refractivity contribution in [3.8, 4) is 0 Å². The van der Waals surface area contributed by atoms with Crippen LogP contribution in [0.5, 0.6) is 0 Å². The normalized spacial score (nSPS) is 12.7. The zero-order valence-corrected chi connectivity index (χ0v) is 18.0. The van der Waals surface area contributed by atoms with Crippen LogP contribution in [-0.4, -0.2) is 13.1 Å². The lowest BCUT2D eigenvalue weighted by Gasteiger charge is -2.36. The molecule has 0 aromatic rings. The highest BCUT2D eigenvalue weighted by Crippen LogP contribution is 2.40. The molecule has 0 saturated carbocycles. The molecule has 0 amide bonds. The van der Waals surface area contributed by atoms with Gasteiger partial charge < -0.3 is 4.74 Å². The highest BCUT2D eigenvalue weighted by molar-refractivity contribution is 5.77. The Morgan fingerprint density at radius 2 is 1.24 bits per heavy atom. The van der Waals surface area contributed by atoms with Gasteiger partial charge in [-0.3, -0.25) is 4.79 Å². The van der Waals surface area contributed by atoms with Gasteiger partial charge in [0, 0.05) is 0 Å². The predicted octanol–water partition coefficient (Wildman–Crippen LogP) is 7.47. The molecule has 0 aromatic heterocycles. The molecule has 0 atom stereocenters. The summed E-state index contributed by atoms with van der Waals surface area (Å²) in [6.07, 6.45) is 20.7. The lowest BCUT2D eigenvalue weighted by atomic mass is 9.67. The third kappa shape index (κ3) is 10.1. The second-order valence-electron chi connectivity index (χ2n) is 8.56. The summed E-state index contributed by atoms with van der Waals surface area (Å²) in [7, 11) is 1.47. The third-order valence-corrected chi connectivity index (χ3v) is 5.82. The van der Waals surface area contributed by atoms with Gasteiger partial charge in [0.2, 0.25) is 0 Å². The first-order chi connectivity index (χ1) is 11.8. The lowest BCUT2D eigenvalue weighted by molar-refractivity contribution is -0.155. The molecule has 0 bridgehead atoms. The molecule has 0 spiro atoms. The lowest BCUT2D eigenvalue weighted by Crippen LogP contribution is -2.39. The number of ether oxygens (including phenoxy) is 1. The average Bonchev–Trinajstić information content (AvgIpc) is 2.57. The van der Waals surface area contributed by atoms with Crippen LogP contribution in [0.4, 0.5) is 0 Å². The topological polar surface area (TPSA) is 26.3 Å². The minimum atomic E-state index is -0.505. The summed E-state index contributed by atoms with van der Waals surface area (Å²) in [4.78, 5) is 12.0. The van der Waals surface area contributed by atoms with E-state index >= 15 is 0 Å². The van der Waals surface area contributed by atoms with Crippen LogP contribution in [-0.2, 0) is 9.53 Å². The van der Waals surface area contributed by atoms with Gasteiger partial charge in [-0.2, -0.15) is 0 Å². The van der Waals surface area contributed by atoms with E-state index in [2.05, 4.69) is 32.9 Å². The molecule has 2 heteroatoms. The number of esters is 1. The molecular weight excluding hydrogens is 308 g/mol. The van der Waals surface area contributed by atoms with Gasteiger partial charge in [-0.05, 0) is 32.1 Å². The van der Waals surface area contributed by atoms with Gasteiger partial charge in [0.15, 0.2) is 0 Å². The summed E-state index contributed by atoms with van der Waals surface area (Å²) in [6, 6.07) is 0. The number of allylic oxidation sites excluding steroid dienone is 2. The molecule has 25 heavy (non-hydrogen) atoms.